The van der Waals surface area contributed by atoms with Crippen molar-refractivity contribution in [1.82, 2.24) is 4.98 Å². The molecule has 55 heavy (non-hydrogen) atoms. The van der Waals surface area contributed by atoms with Crippen LogP contribution in [-0.4, -0.2) is 4.98 Å². The van der Waals surface area contributed by atoms with Crippen LogP contribution in [0, 0.1) is 0 Å². The molecule has 0 saturated heterocycles. The van der Waals surface area contributed by atoms with Gasteiger partial charge in [-0.25, -0.2) is 4.98 Å². The van der Waals surface area contributed by atoms with Crippen LogP contribution in [0.4, 0.5) is 17.1 Å². The van der Waals surface area contributed by atoms with Crippen LogP contribution in [0.3, 0.4) is 0 Å². The molecule has 4 heteroatoms. The summed E-state index contributed by atoms with van der Waals surface area (Å²) in [5, 5.41) is 14.0. The van der Waals surface area contributed by atoms with Crippen LogP contribution in [0.2, 0.25) is 0 Å². The van der Waals surface area contributed by atoms with E-state index in [9.17, 15) is 0 Å². The molecular formula is C51H30N2O2. The van der Waals surface area contributed by atoms with Gasteiger partial charge in [-0.3, -0.25) is 0 Å². The van der Waals surface area contributed by atoms with E-state index in [4.69, 9.17) is 13.8 Å². The van der Waals surface area contributed by atoms with Crippen LogP contribution >= 0.6 is 0 Å². The van der Waals surface area contributed by atoms with Crippen molar-refractivity contribution in [3.8, 4) is 11.5 Å². The van der Waals surface area contributed by atoms with E-state index in [1.54, 1.807) is 0 Å². The van der Waals surface area contributed by atoms with Gasteiger partial charge in [-0.1, -0.05) is 121 Å². The molecule has 0 bridgehead atoms. The van der Waals surface area contributed by atoms with Gasteiger partial charge >= 0.3 is 0 Å². The fraction of sp³-hybridized carbons (Fsp3) is 0. The van der Waals surface area contributed by atoms with Crippen molar-refractivity contribution in [2.75, 3.05) is 4.90 Å². The number of furan rings is 1. The lowest BCUT2D eigenvalue weighted by Crippen LogP contribution is -2.09. The number of rotatable bonds is 4. The summed E-state index contributed by atoms with van der Waals surface area (Å²) in [6, 6.07) is 64.7. The second-order valence-corrected chi connectivity index (χ2v) is 14.3. The predicted molar refractivity (Wildman–Crippen MR) is 229 cm³/mol. The highest BCUT2D eigenvalue weighted by atomic mass is 16.3. The molecule has 10 aromatic carbocycles. The van der Waals surface area contributed by atoms with Gasteiger partial charge < -0.3 is 13.7 Å². The number of hydrogen-bond donors (Lipinski definition) is 0. The molecule has 0 aliphatic carbocycles. The van der Waals surface area contributed by atoms with Gasteiger partial charge in [0.05, 0.1) is 0 Å². The molecule has 2 heterocycles. The van der Waals surface area contributed by atoms with E-state index in [1.807, 2.05) is 30.3 Å². The largest absolute Gasteiger partial charge is 0.456 e. The van der Waals surface area contributed by atoms with Crippen LogP contribution < -0.4 is 4.90 Å². The SMILES string of the molecule is c1ccc2cc(N(c3ccc4c(c3)oc3cccc(-c5nc6ccc7ccccc7c6o5)c34)c3ccc4ccc5c6ccccc6ccc5c4c3)ccc2c1. The number of fused-ring (bicyclic) bond motifs is 12. The Balaban J connectivity index is 1.06. The first-order chi connectivity index (χ1) is 27.2. The second kappa shape index (κ2) is 11.5. The lowest BCUT2D eigenvalue weighted by Gasteiger charge is -2.26. The van der Waals surface area contributed by atoms with Gasteiger partial charge in [-0.15, -0.1) is 0 Å². The fourth-order valence-electron chi connectivity index (χ4n) is 8.61. The molecule has 12 rings (SSSR count). The van der Waals surface area contributed by atoms with Gasteiger partial charge in [0, 0.05) is 44.9 Å². The van der Waals surface area contributed by atoms with Crippen LogP contribution in [0.5, 0.6) is 0 Å². The molecule has 0 aliphatic heterocycles. The number of aromatic nitrogens is 1. The molecule has 0 aliphatic rings. The van der Waals surface area contributed by atoms with E-state index in [-0.39, 0.29) is 0 Å². The van der Waals surface area contributed by atoms with Gasteiger partial charge in [-0.05, 0) is 103 Å². The molecule has 0 radical (unpaired) electrons. The summed E-state index contributed by atoms with van der Waals surface area (Å²) in [6.07, 6.45) is 0. The molecular weight excluding hydrogens is 673 g/mol. The summed E-state index contributed by atoms with van der Waals surface area (Å²) in [6.45, 7) is 0. The molecule has 0 N–H and O–H groups in total. The highest BCUT2D eigenvalue weighted by molar-refractivity contribution is 6.18. The minimum Gasteiger partial charge on any atom is -0.456 e. The normalized spacial score (nSPS) is 12.0. The van der Waals surface area contributed by atoms with Gasteiger partial charge in [0.25, 0.3) is 0 Å². The lowest BCUT2D eigenvalue weighted by molar-refractivity contribution is 0.623. The molecule has 2 aromatic heterocycles. The highest BCUT2D eigenvalue weighted by Crippen LogP contribution is 2.44. The maximum absolute atomic E-state index is 6.66. The van der Waals surface area contributed by atoms with Crippen LogP contribution in [-0.2, 0) is 0 Å². The standard InChI is InChI=1S/C51H30N2O2/c1-2-11-35-28-36(21-16-31(35)8-1)53(37-22-17-34-19-24-41-39-12-5-3-9-32(39)18-25-42(41)45(34)29-37)38-23-26-43-48(30-38)54-47-15-7-14-44(49(43)47)51-52-46-27-20-33-10-4-6-13-40(33)50(46)55-51/h1-30H. The van der Waals surface area contributed by atoms with Crippen LogP contribution in [0.15, 0.2) is 191 Å². The molecule has 0 unspecified atom stereocenters. The Morgan fingerprint density at radius 1 is 0.364 bits per heavy atom. The third-order valence-electron chi connectivity index (χ3n) is 11.2. The fourth-order valence-corrected chi connectivity index (χ4v) is 8.61. The average molecular weight is 703 g/mol. The van der Waals surface area contributed by atoms with Crippen molar-refractivity contribution >= 4 is 104 Å². The Bertz CT molecular complexity index is 3520. The maximum Gasteiger partial charge on any atom is 0.228 e. The molecule has 0 amide bonds. The van der Waals surface area contributed by atoms with Crippen LogP contribution in [0.25, 0.3) is 98.4 Å². The van der Waals surface area contributed by atoms with Gasteiger partial charge in [0.1, 0.15) is 16.7 Å². The molecule has 0 atom stereocenters. The van der Waals surface area contributed by atoms with Crippen molar-refractivity contribution in [2.24, 2.45) is 0 Å². The first-order valence-electron chi connectivity index (χ1n) is 18.6. The van der Waals surface area contributed by atoms with E-state index in [1.165, 1.54) is 43.1 Å². The molecule has 4 nitrogen and oxygen atoms in total. The van der Waals surface area contributed by atoms with Gasteiger partial charge in [0.2, 0.25) is 5.89 Å². The molecule has 256 valence electrons. The zero-order valence-corrected chi connectivity index (χ0v) is 29.5. The van der Waals surface area contributed by atoms with Crippen molar-refractivity contribution in [2.45, 2.75) is 0 Å². The minimum atomic E-state index is 0.581. The molecule has 0 spiro atoms. The summed E-state index contributed by atoms with van der Waals surface area (Å²) < 4.78 is 13.2. The van der Waals surface area contributed by atoms with E-state index in [2.05, 4.69) is 157 Å². The Labute approximate surface area is 315 Å². The summed E-state index contributed by atoms with van der Waals surface area (Å²) in [5.74, 6) is 0.581. The Morgan fingerprint density at radius 2 is 0.964 bits per heavy atom. The van der Waals surface area contributed by atoms with Gasteiger partial charge in [0.15, 0.2) is 5.58 Å². The predicted octanol–water partition coefficient (Wildman–Crippen LogP) is 14.6. The zero-order valence-electron chi connectivity index (χ0n) is 29.5. The third kappa shape index (κ3) is 4.62. The van der Waals surface area contributed by atoms with Gasteiger partial charge in [-0.2, -0.15) is 0 Å². The molecule has 0 fully saturated rings. The van der Waals surface area contributed by atoms with Crippen molar-refractivity contribution < 1.29 is 8.83 Å². The quantitative estimate of drug-likeness (QED) is 0.171. The summed E-state index contributed by atoms with van der Waals surface area (Å²) in [4.78, 5) is 7.30. The first-order valence-corrected chi connectivity index (χ1v) is 18.6. The maximum atomic E-state index is 6.66. The second-order valence-electron chi connectivity index (χ2n) is 14.3. The van der Waals surface area contributed by atoms with E-state index in [0.717, 1.165) is 66.4 Å². The summed E-state index contributed by atoms with van der Waals surface area (Å²) in [5.41, 5.74) is 7.26. The number of benzene rings is 10. The number of anilines is 3. The number of hydrogen-bond acceptors (Lipinski definition) is 4. The lowest BCUT2D eigenvalue weighted by atomic mass is 9.96. The Hall–Kier alpha value is -7.43. The Morgan fingerprint density at radius 3 is 1.82 bits per heavy atom. The first kappa shape index (κ1) is 30.1. The van der Waals surface area contributed by atoms with E-state index >= 15 is 0 Å². The molecule has 0 saturated carbocycles. The van der Waals surface area contributed by atoms with Crippen molar-refractivity contribution in [3.63, 3.8) is 0 Å². The monoisotopic (exact) mass is 702 g/mol. The smallest absolute Gasteiger partial charge is 0.228 e. The van der Waals surface area contributed by atoms with Crippen LogP contribution in [0.1, 0.15) is 0 Å². The van der Waals surface area contributed by atoms with Crippen molar-refractivity contribution in [3.05, 3.63) is 182 Å². The highest BCUT2D eigenvalue weighted by Gasteiger charge is 2.21. The summed E-state index contributed by atoms with van der Waals surface area (Å²) >= 11 is 0. The number of oxazole rings is 1. The van der Waals surface area contributed by atoms with Crippen molar-refractivity contribution in [1.29, 1.82) is 0 Å². The topological polar surface area (TPSA) is 42.4 Å². The molecule has 12 aromatic rings. The van der Waals surface area contributed by atoms with E-state index < -0.39 is 0 Å². The number of nitrogens with zero attached hydrogens (tertiary/aromatic N) is 2. The minimum absolute atomic E-state index is 0.581. The zero-order chi connectivity index (χ0) is 36.0. The summed E-state index contributed by atoms with van der Waals surface area (Å²) in [7, 11) is 0. The Kier molecular flexibility index (Phi) is 6.31. The third-order valence-corrected chi connectivity index (χ3v) is 11.2. The van der Waals surface area contributed by atoms with E-state index in [0.29, 0.717) is 5.89 Å². The average Bonchev–Trinajstić information content (AvgIpc) is 3.85.